The number of benzene rings is 1. The van der Waals surface area contributed by atoms with E-state index in [4.69, 9.17) is 14.0 Å². The van der Waals surface area contributed by atoms with E-state index in [-0.39, 0.29) is 12.1 Å². The van der Waals surface area contributed by atoms with Crippen LogP contribution in [0.4, 0.5) is 0 Å². The molecule has 1 aliphatic heterocycles. The summed E-state index contributed by atoms with van der Waals surface area (Å²) in [6, 6.07) is 9.96. The van der Waals surface area contributed by atoms with Crippen molar-refractivity contribution in [3.8, 4) is 0 Å². The molecular formula is C19H23BN2O5. The van der Waals surface area contributed by atoms with Crippen LogP contribution >= 0.6 is 0 Å². The number of carbonyl (C=O) groups excluding carboxylic acids is 1. The molecule has 2 heterocycles. The minimum atomic E-state index is -0.650. The summed E-state index contributed by atoms with van der Waals surface area (Å²) in [7, 11) is 0.679. The van der Waals surface area contributed by atoms with Crippen molar-refractivity contribution < 1.29 is 18.8 Å². The SMILES string of the molecule is COC(=O)c1cccc(Cn2nc(B3OC(C)(C)C(C)(C)O3)ccc2=O)c1. The van der Waals surface area contributed by atoms with Gasteiger partial charge < -0.3 is 14.0 Å². The van der Waals surface area contributed by atoms with Gasteiger partial charge in [0.2, 0.25) is 0 Å². The van der Waals surface area contributed by atoms with Gasteiger partial charge in [0.1, 0.15) is 0 Å². The highest BCUT2D eigenvalue weighted by Crippen LogP contribution is 2.36. The second-order valence-electron chi connectivity index (χ2n) is 7.53. The molecule has 0 radical (unpaired) electrons. The topological polar surface area (TPSA) is 79.7 Å². The number of methoxy groups -OCH3 is 1. The van der Waals surface area contributed by atoms with Crippen molar-refractivity contribution >= 4 is 18.7 Å². The summed E-state index contributed by atoms with van der Waals surface area (Å²) in [5, 5.41) is 4.41. The van der Waals surface area contributed by atoms with E-state index >= 15 is 0 Å². The van der Waals surface area contributed by atoms with Crippen molar-refractivity contribution in [2.75, 3.05) is 7.11 Å². The number of ether oxygens (including phenoxy) is 1. The van der Waals surface area contributed by atoms with Gasteiger partial charge in [0.05, 0.1) is 36.0 Å². The van der Waals surface area contributed by atoms with E-state index < -0.39 is 24.3 Å². The van der Waals surface area contributed by atoms with Crippen LogP contribution in [0, 0.1) is 0 Å². The maximum absolute atomic E-state index is 12.2. The Kier molecular flexibility index (Phi) is 4.97. The minimum absolute atomic E-state index is 0.219. The zero-order valence-corrected chi connectivity index (χ0v) is 16.2. The summed E-state index contributed by atoms with van der Waals surface area (Å²) in [5.41, 5.74) is 0.476. The fraction of sp³-hybridized carbons (Fsp3) is 0.421. The highest BCUT2D eigenvalue weighted by Gasteiger charge is 2.52. The smallest absolute Gasteiger partial charge is 0.465 e. The van der Waals surface area contributed by atoms with Gasteiger partial charge in [-0.1, -0.05) is 12.1 Å². The van der Waals surface area contributed by atoms with E-state index in [1.54, 1.807) is 24.3 Å². The lowest BCUT2D eigenvalue weighted by molar-refractivity contribution is 0.00578. The van der Waals surface area contributed by atoms with Crippen molar-refractivity contribution in [3.63, 3.8) is 0 Å². The fourth-order valence-electron chi connectivity index (χ4n) is 2.75. The van der Waals surface area contributed by atoms with Crippen LogP contribution < -0.4 is 11.2 Å². The van der Waals surface area contributed by atoms with Crippen LogP contribution in [0.15, 0.2) is 41.2 Å². The molecular weight excluding hydrogens is 347 g/mol. The standard InChI is InChI=1S/C19H23BN2O5/c1-18(2)19(3,4)27-20(26-18)15-9-10-16(23)22(21-15)12-13-7-6-8-14(11-13)17(24)25-5/h6-11H,12H2,1-5H3. The molecule has 1 saturated heterocycles. The number of carbonyl (C=O) groups is 1. The lowest BCUT2D eigenvalue weighted by atomic mass is 9.85. The zero-order chi connectivity index (χ0) is 19.8. The number of hydrogen-bond donors (Lipinski definition) is 0. The van der Waals surface area contributed by atoms with Gasteiger partial charge in [0.15, 0.2) is 0 Å². The second-order valence-corrected chi connectivity index (χ2v) is 7.53. The molecule has 1 aliphatic rings. The molecule has 27 heavy (non-hydrogen) atoms. The maximum atomic E-state index is 12.2. The molecule has 2 aromatic rings. The van der Waals surface area contributed by atoms with Gasteiger partial charge in [-0.05, 0) is 51.5 Å². The number of nitrogens with zero attached hydrogens (tertiary/aromatic N) is 2. The van der Waals surface area contributed by atoms with E-state index in [0.29, 0.717) is 11.2 Å². The van der Waals surface area contributed by atoms with Crippen molar-refractivity contribution in [3.05, 3.63) is 57.9 Å². The van der Waals surface area contributed by atoms with Crippen LogP contribution in [0.25, 0.3) is 0 Å². The first kappa shape index (κ1) is 19.3. The molecule has 0 unspecified atom stereocenters. The lowest BCUT2D eigenvalue weighted by Gasteiger charge is -2.32. The molecule has 1 aromatic carbocycles. The Hall–Kier alpha value is -2.45. The average molecular weight is 370 g/mol. The molecule has 0 N–H and O–H groups in total. The van der Waals surface area contributed by atoms with Crippen LogP contribution in [-0.4, -0.2) is 41.2 Å². The first-order valence-electron chi connectivity index (χ1n) is 8.74. The van der Waals surface area contributed by atoms with Gasteiger partial charge >= 0.3 is 13.1 Å². The van der Waals surface area contributed by atoms with E-state index in [0.717, 1.165) is 5.56 Å². The van der Waals surface area contributed by atoms with Gasteiger partial charge in [-0.2, -0.15) is 5.10 Å². The third kappa shape index (κ3) is 3.82. The molecule has 0 aliphatic carbocycles. The Balaban J connectivity index is 1.87. The quantitative estimate of drug-likeness (QED) is 0.598. The van der Waals surface area contributed by atoms with Gasteiger partial charge in [0.25, 0.3) is 5.56 Å². The Morgan fingerprint density at radius 1 is 1.15 bits per heavy atom. The third-order valence-corrected chi connectivity index (χ3v) is 5.06. The molecule has 1 aromatic heterocycles. The fourth-order valence-corrected chi connectivity index (χ4v) is 2.75. The van der Waals surface area contributed by atoms with Crippen LogP contribution in [0.5, 0.6) is 0 Å². The Labute approximate surface area is 158 Å². The van der Waals surface area contributed by atoms with E-state index in [9.17, 15) is 9.59 Å². The van der Waals surface area contributed by atoms with E-state index in [1.807, 2.05) is 33.8 Å². The van der Waals surface area contributed by atoms with Crippen LogP contribution in [-0.2, 0) is 20.6 Å². The highest BCUT2D eigenvalue weighted by molar-refractivity contribution is 6.61. The molecule has 8 heteroatoms. The molecule has 142 valence electrons. The summed E-state index contributed by atoms with van der Waals surface area (Å²) >= 11 is 0. The Morgan fingerprint density at radius 3 is 2.44 bits per heavy atom. The van der Waals surface area contributed by atoms with Gasteiger partial charge in [-0.25, -0.2) is 9.48 Å². The number of rotatable bonds is 4. The van der Waals surface area contributed by atoms with Crippen molar-refractivity contribution in [2.45, 2.75) is 45.4 Å². The molecule has 0 atom stereocenters. The Bertz CT molecular complexity index is 906. The van der Waals surface area contributed by atoms with Crippen LogP contribution in [0.1, 0.15) is 43.6 Å². The number of aromatic nitrogens is 2. The van der Waals surface area contributed by atoms with Crippen molar-refractivity contribution in [1.82, 2.24) is 9.78 Å². The molecule has 0 saturated carbocycles. The van der Waals surface area contributed by atoms with E-state index in [2.05, 4.69) is 5.10 Å². The first-order chi connectivity index (χ1) is 12.6. The molecule has 0 bridgehead atoms. The molecule has 0 spiro atoms. The van der Waals surface area contributed by atoms with Crippen LogP contribution in [0.3, 0.4) is 0 Å². The van der Waals surface area contributed by atoms with Crippen molar-refractivity contribution in [2.24, 2.45) is 0 Å². The first-order valence-corrected chi connectivity index (χ1v) is 8.74. The lowest BCUT2D eigenvalue weighted by Crippen LogP contribution is -2.41. The van der Waals surface area contributed by atoms with Gasteiger partial charge in [-0.3, -0.25) is 4.79 Å². The monoisotopic (exact) mass is 370 g/mol. The van der Waals surface area contributed by atoms with Crippen LogP contribution in [0.2, 0.25) is 0 Å². The maximum Gasteiger partial charge on any atom is 0.516 e. The largest absolute Gasteiger partial charge is 0.516 e. The summed E-state index contributed by atoms with van der Waals surface area (Å²) < 4.78 is 18.1. The minimum Gasteiger partial charge on any atom is -0.465 e. The predicted octanol–water partition coefficient (Wildman–Crippen LogP) is 1.38. The third-order valence-electron chi connectivity index (χ3n) is 5.06. The van der Waals surface area contributed by atoms with Gasteiger partial charge in [0, 0.05) is 6.07 Å². The molecule has 3 rings (SSSR count). The molecule has 1 fully saturated rings. The van der Waals surface area contributed by atoms with E-state index in [1.165, 1.54) is 17.9 Å². The molecule has 0 amide bonds. The number of hydrogen-bond acceptors (Lipinski definition) is 6. The summed E-state index contributed by atoms with van der Waals surface area (Å²) in [6.07, 6.45) is 0. The van der Waals surface area contributed by atoms with Gasteiger partial charge in [-0.15, -0.1) is 0 Å². The summed E-state index contributed by atoms with van der Waals surface area (Å²) in [5.74, 6) is -0.428. The second kappa shape index (κ2) is 6.94. The van der Waals surface area contributed by atoms with Crippen molar-refractivity contribution in [1.29, 1.82) is 0 Å². The zero-order valence-electron chi connectivity index (χ0n) is 16.2. The number of esters is 1. The predicted molar refractivity (Wildman–Crippen MR) is 101 cm³/mol. The highest BCUT2D eigenvalue weighted by atomic mass is 16.7. The Morgan fingerprint density at radius 2 is 1.81 bits per heavy atom. The summed E-state index contributed by atoms with van der Waals surface area (Å²) in [4.78, 5) is 23.9. The summed E-state index contributed by atoms with van der Waals surface area (Å²) in [6.45, 7) is 8.06. The normalized spacial score (nSPS) is 17.7. The average Bonchev–Trinajstić information content (AvgIpc) is 2.84. The molecule has 7 nitrogen and oxygen atoms in total.